The first-order valence-electron chi connectivity index (χ1n) is 8.48. The van der Waals surface area contributed by atoms with Crippen LogP contribution in [0.5, 0.6) is 0 Å². The molecule has 0 aliphatic rings. The minimum absolute atomic E-state index is 0.108. The minimum Gasteiger partial charge on any atom is -0.351 e. The third-order valence-corrected chi connectivity index (χ3v) is 5.86. The average molecular weight is 451 g/mol. The highest BCUT2D eigenvalue weighted by Crippen LogP contribution is 2.18. The van der Waals surface area contributed by atoms with Crippen LogP contribution in [0.4, 0.5) is 10.1 Å². The van der Waals surface area contributed by atoms with Crippen molar-refractivity contribution in [1.82, 2.24) is 15.5 Å². The molecule has 10 heteroatoms. The van der Waals surface area contributed by atoms with Crippen LogP contribution in [0.15, 0.2) is 48.5 Å². The topological polar surface area (TPSA) is 84.0 Å². The number of thioether (sulfide) groups is 1. The SMILES string of the molecule is O=C(CSCc1nnc(C(=O)Nc2cccc(F)c2)s1)NCc1cccc(Cl)c1. The number of nitrogens with zero attached hydrogens (tertiary/aromatic N) is 2. The molecule has 0 unspecified atom stereocenters. The van der Waals surface area contributed by atoms with Gasteiger partial charge in [-0.3, -0.25) is 9.59 Å². The number of amides is 2. The fraction of sp³-hybridized carbons (Fsp3) is 0.158. The Labute approximate surface area is 179 Å². The van der Waals surface area contributed by atoms with Crippen LogP contribution in [0.3, 0.4) is 0 Å². The lowest BCUT2D eigenvalue weighted by molar-refractivity contribution is -0.118. The second kappa shape index (κ2) is 10.3. The predicted octanol–water partition coefficient (Wildman–Crippen LogP) is 4.13. The van der Waals surface area contributed by atoms with Crippen LogP contribution in [-0.4, -0.2) is 27.8 Å². The lowest BCUT2D eigenvalue weighted by Crippen LogP contribution is -2.24. The number of halogens is 2. The predicted molar refractivity (Wildman–Crippen MR) is 114 cm³/mol. The van der Waals surface area contributed by atoms with E-state index in [1.165, 1.54) is 30.0 Å². The molecule has 0 atom stereocenters. The summed E-state index contributed by atoms with van der Waals surface area (Å²) in [6, 6.07) is 12.9. The van der Waals surface area contributed by atoms with E-state index in [-0.39, 0.29) is 16.7 Å². The molecule has 0 fully saturated rings. The Morgan fingerprint density at radius 3 is 2.76 bits per heavy atom. The van der Waals surface area contributed by atoms with E-state index in [0.29, 0.717) is 28.0 Å². The molecule has 2 amide bonds. The van der Waals surface area contributed by atoms with Gasteiger partial charge in [0.2, 0.25) is 10.9 Å². The largest absolute Gasteiger partial charge is 0.351 e. The Kier molecular flexibility index (Phi) is 7.56. The molecule has 29 heavy (non-hydrogen) atoms. The number of benzene rings is 2. The van der Waals surface area contributed by atoms with Crippen molar-refractivity contribution in [2.24, 2.45) is 0 Å². The number of nitrogens with one attached hydrogen (secondary N) is 2. The second-order valence-corrected chi connectivity index (χ2v) is 8.35. The van der Waals surface area contributed by atoms with E-state index >= 15 is 0 Å². The van der Waals surface area contributed by atoms with Gasteiger partial charge in [0.05, 0.1) is 5.75 Å². The van der Waals surface area contributed by atoms with Gasteiger partial charge in [0.15, 0.2) is 0 Å². The van der Waals surface area contributed by atoms with Crippen molar-refractivity contribution >= 4 is 52.2 Å². The Morgan fingerprint density at radius 2 is 1.97 bits per heavy atom. The standard InChI is InChI=1S/C19H16ClFN4O2S2/c20-13-4-1-3-12(7-13)9-22-16(26)10-28-11-17-24-25-19(29-17)18(27)23-15-6-2-5-14(21)8-15/h1-8H,9-11H2,(H,22,26)(H,23,27). The molecule has 0 aliphatic carbocycles. The normalized spacial score (nSPS) is 10.6. The van der Waals surface area contributed by atoms with Gasteiger partial charge in [-0.05, 0) is 35.9 Å². The van der Waals surface area contributed by atoms with E-state index in [2.05, 4.69) is 20.8 Å². The van der Waals surface area contributed by atoms with Gasteiger partial charge in [-0.15, -0.1) is 22.0 Å². The average Bonchev–Trinajstić information content (AvgIpc) is 3.16. The molecule has 2 aromatic carbocycles. The van der Waals surface area contributed by atoms with Gasteiger partial charge < -0.3 is 10.6 Å². The number of rotatable bonds is 8. The summed E-state index contributed by atoms with van der Waals surface area (Å²) in [5.74, 6) is -0.293. The first-order chi connectivity index (χ1) is 14.0. The summed E-state index contributed by atoms with van der Waals surface area (Å²) in [4.78, 5) is 24.1. The van der Waals surface area contributed by atoms with Crippen LogP contribution in [0.2, 0.25) is 5.02 Å². The maximum atomic E-state index is 13.2. The van der Waals surface area contributed by atoms with E-state index < -0.39 is 11.7 Å². The van der Waals surface area contributed by atoms with Gasteiger partial charge >= 0.3 is 0 Å². The molecular formula is C19H16ClFN4O2S2. The third kappa shape index (κ3) is 6.81. The van der Waals surface area contributed by atoms with E-state index in [1.54, 1.807) is 18.2 Å². The molecular weight excluding hydrogens is 435 g/mol. The quantitative estimate of drug-likeness (QED) is 0.539. The van der Waals surface area contributed by atoms with E-state index in [0.717, 1.165) is 16.9 Å². The third-order valence-electron chi connectivity index (χ3n) is 3.58. The molecule has 150 valence electrons. The molecule has 0 spiro atoms. The molecule has 0 saturated heterocycles. The van der Waals surface area contributed by atoms with E-state index in [9.17, 15) is 14.0 Å². The minimum atomic E-state index is -0.455. The first kappa shape index (κ1) is 21.2. The van der Waals surface area contributed by atoms with Crippen molar-refractivity contribution in [3.8, 4) is 0 Å². The Bertz CT molecular complexity index is 1020. The van der Waals surface area contributed by atoms with E-state index in [4.69, 9.17) is 11.6 Å². The second-order valence-electron chi connectivity index (χ2n) is 5.86. The summed E-state index contributed by atoms with van der Waals surface area (Å²) in [5, 5.41) is 14.6. The van der Waals surface area contributed by atoms with Crippen LogP contribution in [0.25, 0.3) is 0 Å². The summed E-state index contributed by atoms with van der Waals surface area (Å²) < 4.78 is 13.2. The van der Waals surface area contributed by atoms with Crippen molar-refractivity contribution in [1.29, 1.82) is 0 Å². The molecule has 0 radical (unpaired) electrons. The van der Waals surface area contributed by atoms with Crippen LogP contribution in [-0.2, 0) is 17.1 Å². The van der Waals surface area contributed by atoms with Crippen molar-refractivity contribution in [2.75, 3.05) is 11.1 Å². The lowest BCUT2D eigenvalue weighted by atomic mass is 10.2. The summed E-state index contributed by atoms with van der Waals surface area (Å²) in [5.41, 5.74) is 1.27. The Hall–Kier alpha value is -2.49. The van der Waals surface area contributed by atoms with Gasteiger partial charge in [-0.25, -0.2) is 4.39 Å². The summed E-state index contributed by atoms with van der Waals surface area (Å²) >= 11 is 8.42. The number of carbonyl (C=O) groups is 2. The van der Waals surface area contributed by atoms with E-state index in [1.807, 2.05) is 12.1 Å². The van der Waals surface area contributed by atoms with Crippen LogP contribution in [0, 0.1) is 5.82 Å². The van der Waals surface area contributed by atoms with Gasteiger partial charge in [-0.1, -0.05) is 41.1 Å². The Morgan fingerprint density at radius 1 is 1.14 bits per heavy atom. The maximum Gasteiger partial charge on any atom is 0.286 e. The van der Waals surface area contributed by atoms with Crippen molar-refractivity contribution in [3.63, 3.8) is 0 Å². The molecule has 0 bridgehead atoms. The highest BCUT2D eigenvalue weighted by molar-refractivity contribution is 7.99. The fourth-order valence-electron chi connectivity index (χ4n) is 2.28. The van der Waals surface area contributed by atoms with Crippen molar-refractivity contribution < 1.29 is 14.0 Å². The Balaban J connectivity index is 1.41. The fourth-order valence-corrected chi connectivity index (χ4v) is 4.13. The molecule has 6 nitrogen and oxygen atoms in total. The van der Waals surface area contributed by atoms with Gasteiger partial charge in [0, 0.05) is 23.0 Å². The number of anilines is 1. The van der Waals surface area contributed by atoms with Crippen molar-refractivity contribution in [2.45, 2.75) is 12.3 Å². The molecule has 0 saturated carbocycles. The number of hydrogen-bond acceptors (Lipinski definition) is 6. The number of carbonyl (C=O) groups excluding carboxylic acids is 2. The molecule has 0 aliphatic heterocycles. The zero-order valence-corrected chi connectivity index (χ0v) is 17.4. The number of aromatic nitrogens is 2. The monoisotopic (exact) mass is 450 g/mol. The van der Waals surface area contributed by atoms with Gasteiger partial charge in [0.25, 0.3) is 5.91 Å². The zero-order chi connectivity index (χ0) is 20.6. The van der Waals surface area contributed by atoms with Crippen molar-refractivity contribution in [3.05, 3.63) is 74.9 Å². The highest BCUT2D eigenvalue weighted by atomic mass is 35.5. The first-order valence-corrected chi connectivity index (χ1v) is 10.8. The summed E-state index contributed by atoms with van der Waals surface area (Å²) in [6.45, 7) is 0.406. The van der Waals surface area contributed by atoms with Crippen LogP contribution < -0.4 is 10.6 Å². The molecule has 1 aromatic heterocycles. The number of hydrogen-bond donors (Lipinski definition) is 2. The smallest absolute Gasteiger partial charge is 0.286 e. The molecule has 1 heterocycles. The molecule has 2 N–H and O–H groups in total. The molecule has 3 aromatic rings. The lowest BCUT2D eigenvalue weighted by Gasteiger charge is -2.05. The summed E-state index contributed by atoms with van der Waals surface area (Å²) in [7, 11) is 0. The molecule has 3 rings (SSSR count). The maximum absolute atomic E-state index is 13.2. The zero-order valence-electron chi connectivity index (χ0n) is 15.0. The highest BCUT2D eigenvalue weighted by Gasteiger charge is 2.14. The summed E-state index contributed by atoms with van der Waals surface area (Å²) in [6.07, 6.45) is 0. The van der Waals surface area contributed by atoms with Gasteiger partial charge in [-0.2, -0.15) is 0 Å². The van der Waals surface area contributed by atoms with Gasteiger partial charge in [0.1, 0.15) is 10.8 Å². The van der Waals surface area contributed by atoms with Crippen LogP contribution in [0.1, 0.15) is 20.4 Å². The van der Waals surface area contributed by atoms with Crippen LogP contribution >= 0.6 is 34.7 Å².